The monoisotopic (exact) mass is 1250 g/mol. The normalized spacial score (nSPS) is 17.7. The van der Waals surface area contributed by atoms with Crippen molar-refractivity contribution in [3.8, 4) is 34.5 Å². The molecule has 15 heteroatoms. The van der Waals surface area contributed by atoms with Gasteiger partial charge in [-0.2, -0.15) is 0 Å². The molecule has 0 aliphatic carbocycles. The predicted octanol–water partition coefficient (Wildman–Crippen LogP) is 10.3. The average molecular weight is 1250 g/mol. The topological polar surface area (TPSA) is 55.4 Å². The molecule has 0 spiro atoms. The van der Waals surface area contributed by atoms with E-state index in [-0.39, 0.29) is 0 Å². The van der Waals surface area contributed by atoms with Crippen LogP contribution in [0.5, 0.6) is 34.5 Å². The average Bonchev–Trinajstić information content (AvgIpc) is 3.67. The molecule has 0 aromatic heterocycles. The van der Waals surface area contributed by atoms with Crippen LogP contribution >= 0.6 is 53.8 Å². The minimum absolute atomic E-state index is 0.452. The Labute approximate surface area is 372 Å². The van der Waals surface area contributed by atoms with Crippen LogP contribution in [0, 0.1) is 0 Å². The van der Waals surface area contributed by atoms with Crippen LogP contribution in [0.1, 0.15) is 119 Å². The molecule has 4 aromatic carbocycles. The summed E-state index contributed by atoms with van der Waals surface area (Å²) in [5, 5.41) is 5.50. The quantitative estimate of drug-likeness (QED) is 0.0396. The third kappa shape index (κ3) is 7.43. The van der Waals surface area contributed by atoms with Gasteiger partial charge < -0.3 is 0 Å². The maximum absolute atomic E-state index is 8.09. The molecule has 4 aromatic rings. The molecule has 3 heterocycles. The molecule has 0 N–H and O–H groups in total. The summed E-state index contributed by atoms with van der Waals surface area (Å²) in [6.45, 7) is 15.6. The van der Waals surface area contributed by atoms with E-state index in [1.54, 1.807) is 0 Å². The van der Waals surface area contributed by atoms with Gasteiger partial charge in [0.05, 0.1) is 0 Å². The van der Waals surface area contributed by atoms with Crippen molar-refractivity contribution in [1.29, 1.82) is 0 Å². The molecule has 6 nitrogen and oxygen atoms in total. The Morgan fingerprint density at radius 3 is 0.544 bits per heavy atom. The van der Waals surface area contributed by atoms with Gasteiger partial charge in [-0.15, -0.1) is 0 Å². The summed E-state index contributed by atoms with van der Waals surface area (Å²) in [5.41, 5.74) is 0. The fourth-order valence-electron chi connectivity index (χ4n) is 7.88. The molecule has 0 radical (unpaired) electrons. The summed E-state index contributed by atoms with van der Waals surface area (Å²) in [7, 11) is 48.6. The number of hydrogen-bond acceptors (Lipinski definition) is 6. The molecule has 0 atom stereocenters. The molecule has 3 aliphatic heterocycles. The van der Waals surface area contributed by atoms with Gasteiger partial charge in [-0.1, -0.05) is 0 Å². The minimum atomic E-state index is -4.51. The summed E-state index contributed by atoms with van der Waals surface area (Å²) in [6, 6.07) is 0. The van der Waals surface area contributed by atoms with E-state index in [1.807, 2.05) is 0 Å². The van der Waals surface area contributed by atoms with Gasteiger partial charge in [0.25, 0.3) is 0 Å². The molecular formula is C42H54Cl6O6Te3. The van der Waals surface area contributed by atoms with Gasteiger partial charge in [0, 0.05) is 0 Å². The molecule has 3 aliphatic rings. The number of halogens is 6. The second-order valence-corrected chi connectivity index (χ2v) is 51.7. The summed E-state index contributed by atoms with van der Waals surface area (Å²) < 4.78 is 46.1. The van der Waals surface area contributed by atoms with Gasteiger partial charge in [0.15, 0.2) is 0 Å². The SMILES string of the molecule is CCCCOc1c(OCCCC)c2c3c4c1[Te](Cl)(Cl)c1c(OCCCC)c(OCCCC)c5c(c14)c1c(c(OCCCC)c(OCCCC)c(c31)[Te]2(Cl)Cl)[Te]5(Cl)Cl. The van der Waals surface area contributed by atoms with Crippen molar-refractivity contribution in [2.24, 2.45) is 0 Å². The van der Waals surface area contributed by atoms with E-state index < -0.39 is 47.8 Å². The fourth-order valence-corrected chi connectivity index (χ4v) is 36.0. The Morgan fingerprint density at radius 2 is 0.421 bits per heavy atom. The zero-order valence-electron chi connectivity index (χ0n) is 33.7. The zero-order chi connectivity index (χ0) is 40.9. The van der Waals surface area contributed by atoms with Crippen LogP contribution in [0.3, 0.4) is 0 Å². The first-order valence-corrected chi connectivity index (χ1v) is 45.3. The molecule has 57 heavy (non-hydrogen) atoms. The Bertz CT molecular complexity index is 1780. The van der Waals surface area contributed by atoms with Crippen molar-refractivity contribution in [3.63, 3.8) is 0 Å². The van der Waals surface area contributed by atoms with Crippen LogP contribution in [-0.4, -0.2) is 87.5 Å². The molecule has 0 fully saturated rings. The van der Waals surface area contributed by atoms with E-state index in [9.17, 15) is 0 Å². The van der Waals surface area contributed by atoms with Crippen molar-refractivity contribution in [3.05, 3.63) is 0 Å². The molecule has 0 saturated heterocycles. The number of unbranched alkanes of at least 4 members (excludes halogenated alkanes) is 6. The number of rotatable bonds is 24. The van der Waals surface area contributed by atoms with Crippen LogP contribution in [0.15, 0.2) is 0 Å². The Kier molecular flexibility index (Phi) is 15.0. The third-order valence-electron chi connectivity index (χ3n) is 10.7. The molecular weight excluding hydrogens is 1200 g/mol. The molecule has 0 saturated carbocycles. The number of benzene rings is 4. The second kappa shape index (κ2) is 18.7. The number of hydrogen-bond donors (Lipinski definition) is 0. The Balaban J connectivity index is 1.74. The predicted molar refractivity (Wildman–Crippen MR) is 252 cm³/mol. The fraction of sp³-hybridized carbons (Fsp3) is 0.571. The van der Waals surface area contributed by atoms with Crippen LogP contribution < -0.4 is 50.1 Å². The summed E-state index contributed by atoms with van der Waals surface area (Å²) in [5.74, 6) is 3.34. The van der Waals surface area contributed by atoms with E-state index >= 15 is 0 Å². The van der Waals surface area contributed by atoms with Crippen molar-refractivity contribution >= 4 is 156 Å². The molecule has 0 unspecified atom stereocenters. The van der Waals surface area contributed by atoms with E-state index in [2.05, 4.69) is 41.5 Å². The van der Waals surface area contributed by atoms with Crippen LogP contribution in [-0.2, 0) is 0 Å². The molecule has 0 amide bonds. The van der Waals surface area contributed by atoms with Gasteiger partial charge in [-0.05, 0) is 0 Å². The summed E-state index contributed by atoms with van der Waals surface area (Å²) in [6.07, 6.45) is 10.7. The van der Waals surface area contributed by atoms with Crippen LogP contribution in [0.2, 0.25) is 0 Å². The standard InChI is InChI=1S/C42H54Cl6O6Te3/c1-7-13-19-49-31-32(50-20-14-8-2)38-26-25-27-29-30-28(26)40(56(38,45)46)35(53-23-17-11-5)36(54-24-18-12-6)42(30)57(47,48)41(29)34(52-22-16-10-4)33(51-21-15-9-3)39(27)55(43,44)37(25)31/h7-24H2,1-6H3. The van der Waals surface area contributed by atoms with Crippen molar-refractivity contribution in [2.45, 2.75) is 119 Å². The summed E-state index contributed by atoms with van der Waals surface area (Å²) >= 11 is -13.5. The first kappa shape index (κ1) is 45.6. The van der Waals surface area contributed by atoms with Crippen molar-refractivity contribution in [2.75, 3.05) is 39.6 Å². The van der Waals surface area contributed by atoms with Gasteiger partial charge in [-0.25, -0.2) is 0 Å². The van der Waals surface area contributed by atoms with Gasteiger partial charge in [-0.3, -0.25) is 0 Å². The van der Waals surface area contributed by atoms with Gasteiger partial charge >= 0.3 is 377 Å². The van der Waals surface area contributed by atoms with Gasteiger partial charge in [0.1, 0.15) is 0 Å². The van der Waals surface area contributed by atoms with Crippen LogP contribution in [0.25, 0.3) is 32.3 Å². The van der Waals surface area contributed by atoms with E-state index in [0.717, 1.165) is 131 Å². The Hall–Kier alpha value is 0.569. The van der Waals surface area contributed by atoms with E-state index in [1.165, 1.54) is 0 Å². The van der Waals surface area contributed by atoms with Crippen molar-refractivity contribution in [1.82, 2.24) is 0 Å². The van der Waals surface area contributed by atoms with Crippen molar-refractivity contribution < 1.29 is 28.4 Å². The first-order chi connectivity index (χ1) is 27.4. The zero-order valence-corrected chi connectivity index (χ0v) is 45.2. The second-order valence-electron chi connectivity index (χ2n) is 14.8. The van der Waals surface area contributed by atoms with Gasteiger partial charge in [0.2, 0.25) is 0 Å². The third-order valence-corrected chi connectivity index (χ3v) is 38.6. The molecule has 318 valence electrons. The van der Waals surface area contributed by atoms with Crippen LogP contribution in [0.4, 0.5) is 0 Å². The Morgan fingerprint density at radius 1 is 0.281 bits per heavy atom. The maximum atomic E-state index is 8.09. The number of ether oxygens (including phenoxy) is 6. The van der Waals surface area contributed by atoms with E-state index in [0.29, 0.717) is 74.1 Å². The molecule has 7 rings (SSSR count). The summed E-state index contributed by atoms with van der Waals surface area (Å²) in [4.78, 5) is 0. The molecule has 0 bridgehead atoms. The van der Waals surface area contributed by atoms with E-state index in [4.69, 9.17) is 82.2 Å². The first-order valence-electron chi connectivity index (χ1n) is 20.6.